The van der Waals surface area contributed by atoms with Gasteiger partial charge < -0.3 is 8.98 Å². The molecule has 2 heterocycles. The summed E-state index contributed by atoms with van der Waals surface area (Å²) in [6, 6.07) is 18.1. The van der Waals surface area contributed by atoms with E-state index in [2.05, 4.69) is 33.0 Å². The number of rotatable bonds is 3. The highest BCUT2D eigenvalue weighted by atomic mass is 35.5. The Morgan fingerprint density at radius 3 is 2.64 bits per heavy atom. The second kappa shape index (κ2) is 5.31. The van der Waals surface area contributed by atoms with Gasteiger partial charge in [-0.1, -0.05) is 41.9 Å². The lowest BCUT2D eigenvalue weighted by atomic mass is 10.2. The van der Waals surface area contributed by atoms with Crippen molar-refractivity contribution in [1.29, 1.82) is 0 Å². The van der Waals surface area contributed by atoms with E-state index in [1.54, 1.807) is 0 Å². The molecule has 4 rings (SSSR count). The fourth-order valence-electron chi connectivity index (χ4n) is 2.61. The molecule has 0 N–H and O–H groups in total. The fourth-order valence-corrected chi connectivity index (χ4v) is 2.74. The van der Waals surface area contributed by atoms with Crippen molar-refractivity contribution < 1.29 is 4.42 Å². The number of halogens is 1. The summed E-state index contributed by atoms with van der Waals surface area (Å²) in [5, 5.41) is 9.70. The van der Waals surface area contributed by atoms with Crippen molar-refractivity contribution in [2.75, 3.05) is 0 Å². The van der Waals surface area contributed by atoms with Crippen LogP contribution in [0.25, 0.3) is 22.5 Å². The molecule has 0 spiro atoms. The van der Waals surface area contributed by atoms with Crippen LogP contribution in [0.5, 0.6) is 0 Å². The standard InChI is InChI=1S/C17H12ClN3O/c18-14-7-5-12(6-8-14)10-21-15-4-2-1-3-13(15)9-16(21)17-20-19-11-22-17/h1-9,11H,10H2. The third kappa shape index (κ3) is 2.27. The summed E-state index contributed by atoms with van der Waals surface area (Å²) >= 11 is 5.96. The van der Waals surface area contributed by atoms with Crippen molar-refractivity contribution in [2.45, 2.75) is 6.54 Å². The minimum Gasteiger partial charge on any atom is -0.422 e. The van der Waals surface area contributed by atoms with Gasteiger partial charge in [0.1, 0.15) is 5.69 Å². The maximum atomic E-state index is 5.96. The molecular formula is C17H12ClN3O. The Hall–Kier alpha value is -2.59. The first kappa shape index (κ1) is 13.1. The molecule has 5 heteroatoms. The molecule has 0 bridgehead atoms. The lowest BCUT2D eigenvalue weighted by Gasteiger charge is -2.09. The predicted molar refractivity (Wildman–Crippen MR) is 85.8 cm³/mol. The van der Waals surface area contributed by atoms with Crippen molar-refractivity contribution in [3.8, 4) is 11.6 Å². The molecule has 0 aliphatic carbocycles. The summed E-state index contributed by atoms with van der Waals surface area (Å²) in [4.78, 5) is 0. The minimum absolute atomic E-state index is 0.519. The van der Waals surface area contributed by atoms with E-state index < -0.39 is 0 Å². The number of hydrogen-bond acceptors (Lipinski definition) is 3. The highest BCUT2D eigenvalue weighted by Crippen LogP contribution is 2.28. The van der Waals surface area contributed by atoms with Gasteiger partial charge in [0.15, 0.2) is 0 Å². The maximum Gasteiger partial charge on any atom is 0.264 e. The Bertz CT molecular complexity index is 911. The molecular weight excluding hydrogens is 298 g/mol. The normalized spacial score (nSPS) is 11.1. The molecule has 108 valence electrons. The van der Waals surface area contributed by atoms with Crippen LogP contribution in [0.1, 0.15) is 5.56 Å². The molecule has 0 fully saturated rings. The largest absolute Gasteiger partial charge is 0.422 e. The number of para-hydroxylation sites is 1. The molecule has 2 aromatic carbocycles. The second-order valence-electron chi connectivity index (χ2n) is 5.04. The van der Waals surface area contributed by atoms with Crippen LogP contribution in [0.3, 0.4) is 0 Å². The van der Waals surface area contributed by atoms with Crippen LogP contribution >= 0.6 is 11.6 Å². The van der Waals surface area contributed by atoms with E-state index in [1.165, 1.54) is 6.39 Å². The van der Waals surface area contributed by atoms with E-state index in [-0.39, 0.29) is 0 Å². The molecule has 4 nitrogen and oxygen atoms in total. The third-order valence-corrected chi connectivity index (χ3v) is 3.90. The fraction of sp³-hybridized carbons (Fsp3) is 0.0588. The van der Waals surface area contributed by atoms with Gasteiger partial charge in [0.05, 0.1) is 0 Å². The Labute approximate surface area is 132 Å². The first-order valence-corrected chi connectivity index (χ1v) is 7.28. The van der Waals surface area contributed by atoms with Crippen molar-refractivity contribution in [3.63, 3.8) is 0 Å². The molecule has 22 heavy (non-hydrogen) atoms. The average molecular weight is 310 g/mol. The zero-order valence-corrected chi connectivity index (χ0v) is 12.4. The number of aromatic nitrogens is 3. The lowest BCUT2D eigenvalue weighted by molar-refractivity contribution is 0.562. The summed E-state index contributed by atoms with van der Waals surface area (Å²) in [6.45, 7) is 0.711. The van der Waals surface area contributed by atoms with Gasteiger partial charge in [-0.2, -0.15) is 0 Å². The Kier molecular flexibility index (Phi) is 3.16. The molecule has 0 unspecified atom stereocenters. The van der Waals surface area contributed by atoms with Gasteiger partial charge in [-0.25, -0.2) is 0 Å². The minimum atomic E-state index is 0.519. The monoisotopic (exact) mass is 309 g/mol. The van der Waals surface area contributed by atoms with E-state index in [0.717, 1.165) is 27.2 Å². The van der Waals surface area contributed by atoms with Gasteiger partial charge in [-0.15, -0.1) is 10.2 Å². The van der Waals surface area contributed by atoms with E-state index in [1.807, 2.05) is 36.4 Å². The summed E-state index contributed by atoms with van der Waals surface area (Å²) in [7, 11) is 0. The summed E-state index contributed by atoms with van der Waals surface area (Å²) in [5.74, 6) is 0.519. The van der Waals surface area contributed by atoms with Gasteiger partial charge in [-0.3, -0.25) is 0 Å². The smallest absolute Gasteiger partial charge is 0.264 e. The molecule has 2 aromatic heterocycles. The summed E-state index contributed by atoms with van der Waals surface area (Å²) in [6.07, 6.45) is 1.35. The molecule has 0 aliphatic heterocycles. The van der Waals surface area contributed by atoms with Crippen molar-refractivity contribution >= 4 is 22.5 Å². The van der Waals surface area contributed by atoms with E-state index in [4.69, 9.17) is 16.0 Å². The number of benzene rings is 2. The van der Waals surface area contributed by atoms with Crippen LogP contribution in [-0.2, 0) is 6.54 Å². The summed E-state index contributed by atoms with van der Waals surface area (Å²) in [5.41, 5.74) is 3.20. The molecule has 4 aromatic rings. The van der Waals surface area contributed by atoms with Crippen molar-refractivity contribution in [2.24, 2.45) is 0 Å². The lowest BCUT2D eigenvalue weighted by Crippen LogP contribution is -2.01. The predicted octanol–water partition coefficient (Wildman–Crippen LogP) is 4.39. The first-order chi connectivity index (χ1) is 10.8. The maximum absolute atomic E-state index is 5.96. The highest BCUT2D eigenvalue weighted by molar-refractivity contribution is 6.30. The second-order valence-corrected chi connectivity index (χ2v) is 5.48. The SMILES string of the molecule is Clc1ccc(Cn2c(-c3nnco3)cc3ccccc32)cc1. The highest BCUT2D eigenvalue weighted by Gasteiger charge is 2.14. The Morgan fingerprint density at radius 1 is 1.05 bits per heavy atom. The van der Waals surface area contributed by atoms with Crippen molar-refractivity contribution in [1.82, 2.24) is 14.8 Å². The summed E-state index contributed by atoms with van der Waals surface area (Å²) < 4.78 is 7.56. The number of nitrogens with zero attached hydrogens (tertiary/aromatic N) is 3. The number of fused-ring (bicyclic) bond motifs is 1. The zero-order chi connectivity index (χ0) is 14.9. The van der Waals surface area contributed by atoms with Crippen LogP contribution in [0.4, 0.5) is 0 Å². The van der Waals surface area contributed by atoms with Crippen LogP contribution in [0.2, 0.25) is 5.02 Å². The van der Waals surface area contributed by atoms with Gasteiger partial charge in [0.25, 0.3) is 5.89 Å². The Morgan fingerprint density at radius 2 is 1.86 bits per heavy atom. The van der Waals surface area contributed by atoms with Gasteiger partial charge >= 0.3 is 0 Å². The Balaban J connectivity index is 1.87. The molecule has 0 atom stereocenters. The van der Waals surface area contributed by atoms with Crippen LogP contribution in [0, 0.1) is 0 Å². The van der Waals surface area contributed by atoms with Crippen LogP contribution in [0.15, 0.2) is 65.4 Å². The third-order valence-electron chi connectivity index (χ3n) is 3.64. The van der Waals surface area contributed by atoms with Gasteiger partial charge in [0, 0.05) is 22.5 Å². The van der Waals surface area contributed by atoms with E-state index in [9.17, 15) is 0 Å². The van der Waals surface area contributed by atoms with E-state index in [0.29, 0.717) is 12.4 Å². The van der Waals surface area contributed by atoms with E-state index >= 15 is 0 Å². The van der Waals surface area contributed by atoms with Crippen LogP contribution < -0.4 is 0 Å². The van der Waals surface area contributed by atoms with Gasteiger partial charge in [-0.05, 0) is 29.8 Å². The molecule has 0 saturated heterocycles. The molecule has 0 amide bonds. The first-order valence-electron chi connectivity index (χ1n) is 6.90. The topological polar surface area (TPSA) is 43.9 Å². The number of hydrogen-bond donors (Lipinski definition) is 0. The van der Waals surface area contributed by atoms with Crippen LogP contribution in [-0.4, -0.2) is 14.8 Å². The molecule has 0 saturated carbocycles. The van der Waals surface area contributed by atoms with Crippen molar-refractivity contribution in [3.05, 3.63) is 71.6 Å². The molecule has 0 radical (unpaired) electrons. The quantitative estimate of drug-likeness (QED) is 0.563. The van der Waals surface area contributed by atoms with Gasteiger partial charge in [0.2, 0.25) is 6.39 Å². The molecule has 0 aliphatic rings. The average Bonchev–Trinajstić information content (AvgIpc) is 3.18. The zero-order valence-electron chi connectivity index (χ0n) is 11.6.